The van der Waals surface area contributed by atoms with E-state index >= 15 is 0 Å². The van der Waals surface area contributed by atoms with Gasteiger partial charge in [0, 0.05) is 29.0 Å². The monoisotopic (exact) mass is 362 g/mol. The molecule has 1 aliphatic rings. The summed E-state index contributed by atoms with van der Waals surface area (Å²) >= 11 is 3.47. The molecule has 1 atom stereocenters. The predicted molar refractivity (Wildman–Crippen MR) is 82.5 cm³/mol. The summed E-state index contributed by atoms with van der Waals surface area (Å²) in [6.45, 7) is 1.92. The Morgan fingerprint density at radius 1 is 1.40 bits per heavy atom. The van der Waals surface area contributed by atoms with Crippen LogP contribution in [-0.4, -0.2) is 34.4 Å². The molecule has 0 aliphatic carbocycles. The normalized spacial score (nSPS) is 18.4. The highest BCUT2D eigenvalue weighted by Gasteiger charge is 2.20. The Morgan fingerprint density at radius 3 is 2.95 bits per heavy atom. The molecule has 1 heterocycles. The van der Waals surface area contributed by atoms with Crippen LogP contribution in [0.3, 0.4) is 0 Å². The summed E-state index contributed by atoms with van der Waals surface area (Å²) in [5, 5.41) is 3.46. The third kappa shape index (κ3) is 4.73. The molecule has 1 aromatic carbocycles. The van der Waals surface area contributed by atoms with Crippen LogP contribution in [0, 0.1) is 0 Å². The number of sulfonamides is 1. The van der Waals surface area contributed by atoms with Gasteiger partial charge in [-0.15, -0.1) is 0 Å². The molecular weight excluding hydrogens is 344 g/mol. The molecule has 0 spiro atoms. The van der Waals surface area contributed by atoms with Crippen LogP contribution < -0.4 is 14.8 Å². The molecule has 112 valence electrons. The summed E-state index contributed by atoms with van der Waals surface area (Å²) in [6, 6.07) is 6.27. The van der Waals surface area contributed by atoms with Crippen molar-refractivity contribution in [3.63, 3.8) is 0 Å². The largest absolute Gasteiger partial charge is 0.493 e. The minimum absolute atomic E-state index is 0.259. The number of ether oxygens (including phenoxy) is 1. The Hall–Kier alpha value is -0.630. The van der Waals surface area contributed by atoms with Gasteiger partial charge in [0.1, 0.15) is 5.75 Å². The maximum Gasteiger partial charge on any atom is 0.208 e. The van der Waals surface area contributed by atoms with Crippen LogP contribution in [0.2, 0.25) is 0 Å². The summed E-state index contributed by atoms with van der Waals surface area (Å²) < 4.78 is 31.0. The van der Waals surface area contributed by atoms with E-state index in [0.29, 0.717) is 13.2 Å². The Balaban J connectivity index is 1.84. The standard InChI is InChI=1S/C13H19BrN2O3S/c1-20(17,18)16-7-2-6-15-12-5-8-19-13-4-3-10(14)9-11(12)13/h3-4,9,12,15-16H,2,5-8H2,1H3. The van der Waals surface area contributed by atoms with Gasteiger partial charge in [-0.05, 0) is 31.2 Å². The first-order chi connectivity index (χ1) is 9.46. The fourth-order valence-corrected chi connectivity index (χ4v) is 3.09. The molecule has 0 saturated heterocycles. The topological polar surface area (TPSA) is 67.4 Å². The maximum atomic E-state index is 10.9. The first-order valence-corrected chi connectivity index (χ1v) is 9.24. The summed E-state index contributed by atoms with van der Waals surface area (Å²) in [5.41, 5.74) is 1.15. The van der Waals surface area contributed by atoms with E-state index < -0.39 is 10.0 Å². The highest BCUT2D eigenvalue weighted by molar-refractivity contribution is 9.10. The van der Waals surface area contributed by atoms with Crippen molar-refractivity contribution in [1.29, 1.82) is 0 Å². The molecule has 1 aromatic rings. The minimum atomic E-state index is -3.09. The second kappa shape index (κ2) is 6.89. The number of fused-ring (bicyclic) bond motifs is 1. The van der Waals surface area contributed by atoms with E-state index in [1.807, 2.05) is 12.1 Å². The van der Waals surface area contributed by atoms with Crippen LogP contribution in [-0.2, 0) is 10.0 Å². The van der Waals surface area contributed by atoms with Crippen LogP contribution in [0.1, 0.15) is 24.4 Å². The third-order valence-corrected chi connectivity index (χ3v) is 4.34. The third-order valence-electron chi connectivity index (χ3n) is 3.12. The predicted octanol–water partition coefficient (Wildman–Crippen LogP) is 1.80. The van der Waals surface area contributed by atoms with Gasteiger partial charge >= 0.3 is 0 Å². The van der Waals surface area contributed by atoms with Crippen molar-refractivity contribution < 1.29 is 13.2 Å². The highest BCUT2D eigenvalue weighted by Crippen LogP contribution is 2.33. The molecule has 7 heteroatoms. The van der Waals surface area contributed by atoms with Crippen LogP contribution in [0.4, 0.5) is 0 Å². The molecule has 0 bridgehead atoms. The zero-order valence-electron chi connectivity index (χ0n) is 11.4. The quantitative estimate of drug-likeness (QED) is 0.757. The van der Waals surface area contributed by atoms with E-state index in [-0.39, 0.29) is 6.04 Å². The molecule has 2 N–H and O–H groups in total. The number of rotatable bonds is 6. The SMILES string of the molecule is CS(=O)(=O)NCCCNC1CCOc2ccc(Br)cc21. The van der Waals surface area contributed by atoms with Crippen LogP contribution >= 0.6 is 15.9 Å². The van der Waals surface area contributed by atoms with E-state index in [2.05, 4.69) is 32.0 Å². The lowest BCUT2D eigenvalue weighted by atomic mass is 10.0. The van der Waals surface area contributed by atoms with E-state index in [9.17, 15) is 8.42 Å². The van der Waals surface area contributed by atoms with E-state index in [1.165, 1.54) is 6.26 Å². The van der Waals surface area contributed by atoms with Crippen molar-refractivity contribution >= 4 is 26.0 Å². The Labute approximate surface area is 128 Å². The van der Waals surface area contributed by atoms with Crippen molar-refractivity contribution in [2.45, 2.75) is 18.9 Å². The van der Waals surface area contributed by atoms with Crippen LogP contribution in [0.5, 0.6) is 5.75 Å². The fraction of sp³-hybridized carbons (Fsp3) is 0.538. The summed E-state index contributed by atoms with van der Waals surface area (Å²) in [6.07, 6.45) is 2.85. The molecule has 0 amide bonds. The Bertz CT molecular complexity index is 563. The lowest BCUT2D eigenvalue weighted by Crippen LogP contribution is -2.30. The Kier molecular flexibility index (Phi) is 5.42. The van der Waals surface area contributed by atoms with Crippen molar-refractivity contribution in [2.24, 2.45) is 0 Å². The van der Waals surface area contributed by atoms with Gasteiger partial charge in [0.2, 0.25) is 10.0 Å². The second-order valence-electron chi connectivity index (χ2n) is 4.85. The van der Waals surface area contributed by atoms with Gasteiger partial charge in [-0.3, -0.25) is 0 Å². The minimum Gasteiger partial charge on any atom is -0.493 e. The molecule has 2 rings (SSSR count). The summed E-state index contributed by atoms with van der Waals surface area (Å²) in [5.74, 6) is 0.922. The number of halogens is 1. The van der Waals surface area contributed by atoms with Gasteiger partial charge in [0.05, 0.1) is 12.9 Å². The van der Waals surface area contributed by atoms with Crippen molar-refractivity contribution in [2.75, 3.05) is 26.0 Å². The fourth-order valence-electron chi connectivity index (χ4n) is 2.20. The zero-order chi connectivity index (χ0) is 14.6. The van der Waals surface area contributed by atoms with Gasteiger partial charge in [-0.2, -0.15) is 0 Å². The molecule has 20 heavy (non-hydrogen) atoms. The zero-order valence-corrected chi connectivity index (χ0v) is 13.8. The molecular formula is C13H19BrN2O3S. The molecule has 0 radical (unpaired) electrons. The van der Waals surface area contributed by atoms with E-state index in [0.717, 1.165) is 35.2 Å². The summed E-state index contributed by atoms with van der Waals surface area (Å²) in [7, 11) is -3.09. The number of hydrogen-bond donors (Lipinski definition) is 2. The highest BCUT2D eigenvalue weighted by atomic mass is 79.9. The van der Waals surface area contributed by atoms with Crippen molar-refractivity contribution in [3.8, 4) is 5.75 Å². The molecule has 5 nitrogen and oxygen atoms in total. The van der Waals surface area contributed by atoms with Gasteiger partial charge in [-0.1, -0.05) is 15.9 Å². The average Bonchev–Trinajstić information content (AvgIpc) is 2.37. The average molecular weight is 363 g/mol. The van der Waals surface area contributed by atoms with Gasteiger partial charge in [0.15, 0.2) is 0 Å². The Morgan fingerprint density at radius 2 is 2.20 bits per heavy atom. The number of nitrogens with one attached hydrogen (secondary N) is 2. The molecule has 0 fully saturated rings. The number of benzene rings is 1. The second-order valence-corrected chi connectivity index (χ2v) is 7.59. The van der Waals surface area contributed by atoms with Crippen LogP contribution in [0.15, 0.2) is 22.7 Å². The molecule has 0 aromatic heterocycles. The van der Waals surface area contributed by atoms with Crippen molar-refractivity contribution in [3.05, 3.63) is 28.2 Å². The molecule has 0 saturated carbocycles. The molecule has 1 unspecified atom stereocenters. The maximum absolute atomic E-state index is 10.9. The van der Waals surface area contributed by atoms with E-state index in [1.54, 1.807) is 0 Å². The van der Waals surface area contributed by atoms with E-state index in [4.69, 9.17) is 4.74 Å². The number of hydrogen-bond acceptors (Lipinski definition) is 4. The lowest BCUT2D eigenvalue weighted by molar-refractivity contribution is 0.252. The first-order valence-electron chi connectivity index (χ1n) is 6.56. The molecule has 1 aliphatic heterocycles. The van der Waals surface area contributed by atoms with Crippen molar-refractivity contribution in [1.82, 2.24) is 10.0 Å². The summed E-state index contributed by atoms with van der Waals surface area (Å²) in [4.78, 5) is 0. The smallest absolute Gasteiger partial charge is 0.208 e. The van der Waals surface area contributed by atoms with Gasteiger partial charge in [0.25, 0.3) is 0 Å². The van der Waals surface area contributed by atoms with Gasteiger partial charge < -0.3 is 10.1 Å². The van der Waals surface area contributed by atoms with Gasteiger partial charge in [-0.25, -0.2) is 13.1 Å². The lowest BCUT2D eigenvalue weighted by Gasteiger charge is -2.27. The first kappa shape index (κ1) is 15.8. The van der Waals surface area contributed by atoms with Crippen LogP contribution in [0.25, 0.3) is 0 Å².